The molecule has 2 atom stereocenters. The fourth-order valence-electron chi connectivity index (χ4n) is 3.92. The van der Waals surface area contributed by atoms with Crippen molar-refractivity contribution in [2.75, 3.05) is 26.4 Å². The summed E-state index contributed by atoms with van der Waals surface area (Å²) in [6, 6.07) is 0. The van der Waals surface area contributed by atoms with Gasteiger partial charge in [0.15, 0.2) is 12.6 Å². The lowest BCUT2D eigenvalue weighted by atomic mass is 9.88. The van der Waals surface area contributed by atoms with E-state index in [9.17, 15) is 0 Å². The molecule has 2 unspecified atom stereocenters. The van der Waals surface area contributed by atoms with Gasteiger partial charge in [-0.3, -0.25) is 0 Å². The van der Waals surface area contributed by atoms with Crippen molar-refractivity contribution in [2.45, 2.75) is 91.6 Å². The van der Waals surface area contributed by atoms with Gasteiger partial charge in [0.05, 0.1) is 31.8 Å². The van der Waals surface area contributed by atoms with Crippen molar-refractivity contribution in [3.8, 4) is 0 Å². The third-order valence-electron chi connectivity index (χ3n) is 5.89. The van der Waals surface area contributed by atoms with E-state index in [1.165, 1.54) is 38.5 Å². The molecule has 0 aromatic carbocycles. The van der Waals surface area contributed by atoms with Crippen molar-refractivity contribution >= 4 is 0 Å². The van der Waals surface area contributed by atoms with E-state index in [4.69, 9.17) is 18.9 Å². The smallest absolute Gasteiger partial charge is 0.160 e. The van der Waals surface area contributed by atoms with E-state index >= 15 is 0 Å². The highest BCUT2D eigenvalue weighted by atomic mass is 16.7. The summed E-state index contributed by atoms with van der Waals surface area (Å²) in [5.41, 5.74) is -0.112. The van der Waals surface area contributed by atoms with Crippen LogP contribution in [0.3, 0.4) is 0 Å². The number of ether oxygens (including phenoxy) is 4. The van der Waals surface area contributed by atoms with Gasteiger partial charge in [0.2, 0.25) is 0 Å². The van der Waals surface area contributed by atoms with E-state index in [-0.39, 0.29) is 18.0 Å². The van der Waals surface area contributed by atoms with Crippen molar-refractivity contribution in [2.24, 2.45) is 17.3 Å². The zero-order valence-corrected chi connectivity index (χ0v) is 16.9. The molecule has 2 heterocycles. The van der Waals surface area contributed by atoms with Gasteiger partial charge in [-0.1, -0.05) is 53.4 Å². The molecule has 1 spiro atoms. The van der Waals surface area contributed by atoms with Gasteiger partial charge in [-0.2, -0.15) is 0 Å². The lowest BCUT2D eigenvalue weighted by Crippen LogP contribution is -2.54. The first-order chi connectivity index (χ1) is 12.2. The van der Waals surface area contributed by atoms with Gasteiger partial charge in [0.1, 0.15) is 0 Å². The van der Waals surface area contributed by atoms with Gasteiger partial charge >= 0.3 is 0 Å². The summed E-state index contributed by atoms with van der Waals surface area (Å²) >= 11 is 0. The van der Waals surface area contributed by atoms with Gasteiger partial charge < -0.3 is 18.9 Å². The van der Waals surface area contributed by atoms with Crippen molar-refractivity contribution in [3.05, 3.63) is 0 Å². The largest absolute Gasteiger partial charge is 0.352 e. The molecule has 2 aliphatic rings. The molecule has 2 fully saturated rings. The second-order valence-corrected chi connectivity index (χ2v) is 8.10. The van der Waals surface area contributed by atoms with Gasteiger partial charge in [-0.15, -0.1) is 0 Å². The minimum atomic E-state index is -0.112. The lowest BCUT2D eigenvalue weighted by molar-refractivity contribution is -0.319. The van der Waals surface area contributed by atoms with Crippen LogP contribution in [0.15, 0.2) is 0 Å². The minimum absolute atomic E-state index is 0.0483. The average Bonchev–Trinajstić information content (AvgIpc) is 2.66. The molecule has 25 heavy (non-hydrogen) atoms. The third kappa shape index (κ3) is 5.92. The summed E-state index contributed by atoms with van der Waals surface area (Å²) in [6.07, 6.45) is 9.46. The maximum absolute atomic E-state index is 6.13. The van der Waals surface area contributed by atoms with Crippen LogP contribution in [0.25, 0.3) is 0 Å². The first-order valence-corrected chi connectivity index (χ1v) is 10.6. The summed E-state index contributed by atoms with van der Waals surface area (Å²) in [5.74, 6) is 1.02. The normalized spacial score (nSPS) is 32.6. The molecular formula is C21H40O4. The first-order valence-electron chi connectivity index (χ1n) is 10.6. The van der Waals surface area contributed by atoms with Crippen LogP contribution >= 0.6 is 0 Å². The van der Waals surface area contributed by atoms with Gasteiger partial charge in [0.25, 0.3) is 0 Å². The summed E-state index contributed by atoms with van der Waals surface area (Å²) in [7, 11) is 0. The highest BCUT2D eigenvalue weighted by Crippen LogP contribution is 2.35. The maximum atomic E-state index is 6.13. The number of hydrogen-bond donors (Lipinski definition) is 0. The Morgan fingerprint density at radius 1 is 0.680 bits per heavy atom. The summed E-state index contributed by atoms with van der Waals surface area (Å²) < 4.78 is 24.5. The van der Waals surface area contributed by atoms with Gasteiger partial charge in [-0.05, 0) is 25.7 Å². The fraction of sp³-hybridized carbons (Fsp3) is 1.00. The molecule has 148 valence electrons. The SMILES string of the molecule is CCCCC(CC)C1OCC2(CO1)COC(C(CC)CCCC)OC2. The van der Waals surface area contributed by atoms with Crippen LogP contribution in [0.4, 0.5) is 0 Å². The van der Waals surface area contributed by atoms with Crippen molar-refractivity contribution in [1.29, 1.82) is 0 Å². The van der Waals surface area contributed by atoms with Crippen LogP contribution in [0, 0.1) is 17.3 Å². The molecule has 0 amide bonds. The van der Waals surface area contributed by atoms with E-state index in [1.807, 2.05) is 0 Å². The lowest BCUT2D eigenvalue weighted by Gasteiger charge is -2.46. The highest BCUT2D eigenvalue weighted by molar-refractivity contribution is 4.86. The molecule has 0 aromatic heterocycles. The second-order valence-electron chi connectivity index (χ2n) is 8.10. The molecule has 0 aromatic rings. The van der Waals surface area contributed by atoms with E-state index in [1.54, 1.807) is 0 Å². The monoisotopic (exact) mass is 356 g/mol. The molecule has 4 heteroatoms. The van der Waals surface area contributed by atoms with Crippen LogP contribution in [-0.2, 0) is 18.9 Å². The number of unbranched alkanes of at least 4 members (excludes halogenated alkanes) is 2. The fourth-order valence-corrected chi connectivity index (χ4v) is 3.92. The predicted molar refractivity (Wildman–Crippen MR) is 100 cm³/mol. The molecule has 0 bridgehead atoms. The molecule has 2 aliphatic heterocycles. The predicted octanol–water partition coefficient (Wildman–Crippen LogP) is 5.15. The maximum Gasteiger partial charge on any atom is 0.160 e. The van der Waals surface area contributed by atoms with E-state index in [0.717, 1.165) is 12.8 Å². The van der Waals surface area contributed by atoms with Gasteiger partial charge in [-0.25, -0.2) is 0 Å². The quantitative estimate of drug-likeness (QED) is 0.542. The van der Waals surface area contributed by atoms with E-state index < -0.39 is 0 Å². The Labute approximate surface area is 154 Å². The van der Waals surface area contributed by atoms with Crippen molar-refractivity contribution in [3.63, 3.8) is 0 Å². The van der Waals surface area contributed by atoms with Crippen molar-refractivity contribution < 1.29 is 18.9 Å². The summed E-state index contributed by atoms with van der Waals surface area (Å²) in [5, 5.41) is 0. The Kier molecular flexibility index (Phi) is 9.18. The molecule has 2 rings (SSSR count). The topological polar surface area (TPSA) is 36.9 Å². The molecule has 2 saturated heterocycles. The molecule has 4 nitrogen and oxygen atoms in total. The zero-order chi connectivity index (χ0) is 18.1. The average molecular weight is 357 g/mol. The Morgan fingerprint density at radius 2 is 1.04 bits per heavy atom. The summed E-state index contributed by atoms with van der Waals surface area (Å²) in [6.45, 7) is 11.7. The Morgan fingerprint density at radius 3 is 1.32 bits per heavy atom. The highest BCUT2D eigenvalue weighted by Gasteiger charge is 2.44. The Bertz CT molecular complexity index is 306. The summed E-state index contributed by atoms with van der Waals surface area (Å²) in [4.78, 5) is 0. The number of rotatable bonds is 10. The number of hydrogen-bond acceptors (Lipinski definition) is 4. The Hall–Kier alpha value is -0.160. The second kappa shape index (κ2) is 10.9. The first kappa shape index (κ1) is 21.1. The Balaban J connectivity index is 1.78. The van der Waals surface area contributed by atoms with Crippen LogP contribution < -0.4 is 0 Å². The molecule has 0 radical (unpaired) electrons. The van der Waals surface area contributed by atoms with Crippen LogP contribution in [-0.4, -0.2) is 39.0 Å². The molecule has 0 N–H and O–H groups in total. The van der Waals surface area contributed by atoms with E-state index in [2.05, 4.69) is 27.7 Å². The molecule has 0 saturated carbocycles. The van der Waals surface area contributed by atoms with Crippen LogP contribution in [0.2, 0.25) is 0 Å². The molecular weight excluding hydrogens is 316 g/mol. The van der Waals surface area contributed by atoms with Crippen molar-refractivity contribution in [1.82, 2.24) is 0 Å². The standard InChI is InChI=1S/C21H40O4/c1-5-9-11-17(7-3)19-22-13-21(14-23-19)15-24-20(25-16-21)18(8-4)12-10-6-2/h17-20H,5-16H2,1-4H3. The minimum Gasteiger partial charge on any atom is -0.352 e. The van der Waals surface area contributed by atoms with E-state index in [0.29, 0.717) is 38.3 Å². The third-order valence-corrected chi connectivity index (χ3v) is 5.89. The van der Waals surface area contributed by atoms with Gasteiger partial charge in [0, 0.05) is 11.8 Å². The molecule has 0 aliphatic carbocycles. The van der Waals surface area contributed by atoms with Crippen LogP contribution in [0.1, 0.15) is 79.1 Å². The van der Waals surface area contributed by atoms with Crippen LogP contribution in [0.5, 0.6) is 0 Å². The zero-order valence-electron chi connectivity index (χ0n) is 16.9.